The van der Waals surface area contributed by atoms with E-state index in [4.69, 9.17) is 0 Å². The minimum atomic E-state index is -4.49. The second kappa shape index (κ2) is 9.62. The Balaban J connectivity index is 1.40. The third-order valence-corrected chi connectivity index (χ3v) is 7.32. The van der Waals surface area contributed by atoms with Gasteiger partial charge in [0.25, 0.3) is 0 Å². The lowest BCUT2D eigenvalue weighted by molar-refractivity contribution is -0.345. The summed E-state index contributed by atoms with van der Waals surface area (Å²) in [5.41, 5.74) is 1.52. The van der Waals surface area contributed by atoms with Gasteiger partial charge in [0.2, 0.25) is 0 Å². The van der Waals surface area contributed by atoms with E-state index >= 15 is 0 Å². The molecule has 3 aliphatic carbocycles. The second-order valence-corrected chi connectivity index (χ2v) is 9.00. The number of hydrogen-bond donors (Lipinski definition) is 0. The van der Waals surface area contributed by atoms with Crippen LogP contribution in [0.1, 0.15) is 83.5 Å². The van der Waals surface area contributed by atoms with Crippen molar-refractivity contribution in [3.63, 3.8) is 0 Å². The molecule has 1 atom stereocenters. The highest BCUT2D eigenvalue weighted by molar-refractivity contribution is 5.12. The van der Waals surface area contributed by atoms with Crippen LogP contribution in [0.4, 0.5) is 13.2 Å². The van der Waals surface area contributed by atoms with Gasteiger partial charge in [0.1, 0.15) is 0 Å². The molecule has 0 aliphatic heterocycles. The molecule has 0 bridgehead atoms. The molecule has 0 aromatic carbocycles. The Morgan fingerprint density at radius 2 is 1.67 bits per heavy atom. The normalized spacial score (nSPS) is 35.5. The average Bonchev–Trinajstić information content (AvgIpc) is 2.66. The fourth-order valence-corrected chi connectivity index (χ4v) is 5.72. The van der Waals surface area contributed by atoms with Crippen LogP contribution in [0.25, 0.3) is 0 Å². The maximum absolute atomic E-state index is 12.4. The molecular weight excluding hydrogens is 349 g/mol. The number of halogens is 3. The predicted molar refractivity (Wildman–Crippen MR) is 103 cm³/mol. The fraction of sp³-hybridized carbons (Fsp3) is 0.826. The van der Waals surface area contributed by atoms with Crippen LogP contribution >= 0.6 is 0 Å². The summed E-state index contributed by atoms with van der Waals surface area (Å²) in [6.07, 6.45) is 13.8. The van der Waals surface area contributed by atoms with E-state index in [-0.39, 0.29) is 0 Å². The Hall–Kier alpha value is -0.770. The number of rotatable bonds is 6. The van der Waals surface area contributed by atoms with E-state index in [9.17, 15) is 13.2 Å². The quantitative estimate of drug-likeness (QED) is 0.429. The van der Waals surface area contributed by atoms with Crippen LogP contribution in [0.2, 0.25) is 0 Å². The monoisotopic (exact) mass is 384 g/mol. The van der Waals surface area contributed by atoms with Gasteiger partial charge in [-0.05, 0) is 94.3 Å². The number of allylic oxidation sites excluding steroid dienone is 3. The van der Waals surface area contributed by atoms with Gasteiger partial charge in [-0.15, -0.1) is 19.8 Å². The van der Waals surface area contributed by atoms with Gasteiger partial charge >= 0.3 is 6.36 Å². The molecule has 4 heteroatoms. The largest absolute Gasteiger partial charge is 0.522 e. The van der Waals surface area contributed by atoms with Gasteiger partial charge in [-0.1, -0.05) is 30.6 Å². The lowest BCUT2D eigenvalue weighted by atomic mass is 9.69. The standard InChI is InChI=1S/C23H35F3O/c1-2-3-4-17-5-7-18(8-6-17)19-9-11-20(12-10-19)21-13-15-22(16-14-21)27-23(24,25)26/h2,11,17-19,21-22H,1,3-10,12-16H2. The van der Waals surface area contributed by atoms with Crippen molar-refractivity contribution in [1.29, 1.82) is 0 Å². The molecule has 0 radical (unpaired) electrons. The second-order valence-electron chi connectivity index (χ2n) is 9.00. The Labute approximate surface area is 162 Å². The summed E-state index contributed by atoms with van der Waals surface area (Å²) < 4.78 is 41.3. The Bertz CT molecular complexity index is 494. The van der Waals surface area contributed by atoms with Crippen molar-refractivity contribution in [3.8, 4) is 0 Å². The first-order valence-corrected chi connectivity index (χ1v) is 11.0. The van der Waals surface area contributed by atoms with Crippen molar-refractivity contribution >= 4 is 0 Å². The summed E-state index contributed by atoms with van der Waals surface area (Å²) >= 11 is 0. The molecule has 0 N–H and O–H groups in total. The third-order valence-electron chi connectivity index (χ3n) is 7.32. The van der Waals surface area contributed by atoms with E-state index < -0.39 is 12.5 Å². The summed E-state index contributed by atoms with van der Waals surface area (Å²) in [4.78, 5) is 0. The minimum Gasteiger partial charge on any atom is -0.289 e. The molecule has 0 aromatic rings. The maximum Gasteiger partial charge on any atom is 0.522 e. The molecule has 2 saturated carbocycles. The molecule has 2 fully saturated rings. The lowest BCUT2D eigenvalue weighted by Crippen LogP contribution is -2.29. The van der Waals surface area contributed by atoms with Crippen LogP contribution in [-0.2, 0) is 4.74 Å². The van der Waals surface area contributed by atoms with E-state index in [1.54, 1.807) is 0 Å². The van der Waals surface area contributed by atoms with E-state index in [0.717, 1.165) is 43.4 Å². The molecule has 154 valence electrons. The molecule has 0 amide bonds. The maximum atomic E-state index is 12.4. The van der Waals surface area contributed by atoms with Gasteiger partial charge in [0.15, 0.2) is 0 Å². The van der Waals surface area contributed by atoms with E-state index in [1.165, 1.54) is 50.5 Å². The van der Waals surface area contributed by atoms with E-state index in [2.05, 4.69) is 17.4 Å². The summed E-state index contributed by atoms with van der Waals surface area (Å²) in [7, 11) is 0. The number of hydrogen-bond acceptors (Lipinski definition) is 1. The fourth-order valence-electron chi connectivity index (χ4n) is 5.72. The van der Waals surface area contributed by atoms with Crippen LogP contribution in [0, 0.1) is 23.7 Å². The lowest BCUT2D eigenvalue weighted by Gasteiger charge is -2.37. The highest BCUT2D eigenvalue weighted by atomic mass is 19.4. The molecule has 0 heterocycles. The van der Waals surface area contributed by atoms with Crippen LogP contribution in [0.5, 0.6) is 0 Å². The average molecular weight is 385 g/mol. The zero-order chi connectivity index (χ0) is 19.3. The smallest absolute Gasteiger partial charge is 0.289 e. The van der Waals surface area contributed by atoms with Crippen molar-refractivity contribution in [3.05, 3.63) is 24.3 Å². The van der Waals surface area contributed by atoms with Gasteiger partial charge in [-0.25, -0.2) is 0 Å². The molecule has 3 aliphatic rings. The van der Waals surface area contributed by atoms with Gasteiger partial charge < -0.3 is 0 Å². The van der Waals surface area contributed by atoms with E-state index in [0.29, 0.717) is 18.8 Å². The molecule has 27 heavy (non-hydrogen) atoms. The van der Waals surface area contributed by atoms with Crippen molar-refractivity contribution in [2.45, 2.75) is 95.9 Å². The van der Waals surface area contributed by atoms with Crippen molar-refractivity contribution < 1.29 is 17.9 Å². The third kappa shape index (κ3) is 6.37. The zero-order valence-electron chi connectivity index (χ0n) is 16.5. The zero-order valence-corrected chi connectivity index (χ0v) is 16.5. The first-order chi connectivity index (χ1) is 12.9. The Morgan fingerprint density at radius 3 is 2.22 bits per heavy atom. The molecule has 3 rings (SSSR count). The molecular formula is C23H35F3O. The van der Waals surface area contributed by atoms with Gasteiger partial charge in [0.05, 0.1) is 6.10 Å². The summed E-state index contributed by atoms with van der Waals surface area (Å²) in [5.74, 6) is 3.12. The van der Waals surface area contributed by atoms with Crippen LogP contribution in [0.3, 0.4) is 0 Å². The molecule has 0 saturated heterocycles. The predicted octanol–water partition coefficient (Wildman–Crippen LogP) is 7.58. The topological polar surface area (TPSA) is 9.23 Å². The van der Waals surface area contributed by atoms with Crippen LogP contribution < -0.4 is 0 Å². The van der Waals surface area contributed by atoms with Gasteiger partial charge in [0, 0.05) is 0 Å². The van der Waals surface area contributed by atoms with Crippen LogP contribution in [-0.4, -0.2) is 12.5 Å². The van der Waals surface area contributed by atoms with Gasteiger partial charge in [-0.3, -0.25) is 4.74 Å². The van der Waals surface area contributed by atoms with Crippen molar-refractivity contribution in [2.75, 3.05) is 0 Å². The number of alkyl halides is 3. The summed E-state index contributed by atoms with van der Waals surface area (Å²) in [6, 6.07) is 0. The number of ether oxygens (including phenoxy) is 1. The van der Waals surface area contributed by atoms with Crippen LogP contribution in [0.15, 0.2) is 24.3 Å². The molecule has 0 aromatic heterocycles. The molecule has 0 spiro atoms. The summed E-state index contributed by atoms with van der Waals surface area (Å²) in [5, 5.41) is 0. The van der Waals surface area contributed by atoms with Crippen molar-refractivity contribution in [2.24, 2.45) is 23.7 Å². The highest BCUT2D eigenvalue weighted by Gasteiger charge is 2.36. The summed E-state index contributed by atoms with van der Waals surface area (Å²) in [6.45, 7) is 3.84. The Kier molecular flexibility index (Phi) is 7.47. The van der Waals surface area contributed by atoms with Gasteiger partial charge in [-0.2, -0.15) is 0 Å². The van der Waals surface area contributed by atoms with Crippen molar-refractivity contribution in [1.82, 2.24) is 0 Å². The Morgan fingerprint density at radius 1 is 0.963 bits per heavy atom. The minimum absolute atomic E-state index is 0.494. The first kappa shape index (κ1) is 21.0. The molecule has 1 unspecified atom stereocenters. The first-order valence-electron chi connectivity index (χ1n) is 11.0. The van der Waals surface area contributed by atoms with E-state index in [1.807, 2.05) is 6.08 Å². The SMILES string of the molecule is C=CCCC1CCC(C2CC=C(C3CCC(OC(F)(F)F)CC3)CC2)CC1. The highest BCUT2D eigenvalue weighted by Crippen LogP contribution is 2.43. The molecule has 1 nitrogen and oxygen atoms in total.